The zero-order chi connectivity index (χ0) is 19.3. The van der Waals surface area contributed by atoms with Crippen molar-refractivity contribution in [2.75, 3.05) is 5.32 Å². The van der Waals surface area contributed by atoms with Gasteiger partial charge in [-0.25, -0.2) is 14.8 Å². The van der Waals surface area contributed by atoms with Crippen LogP contribution in [0.4, 0.5) is 5.95 Å². The van der Waals surface area contributed by atoms with Crippen molar-refractivity contribution in [3.8, 4) is 22.8 Å². The molecule has 138 valence electrons. The van der Waals surface area contributed by atoms with Crippen molar-refractivity contribution in [2.24, 2.45) is 0 Å². The lowest BCUT2D eigenvalue weighted by Crippen LogP contribution is -2.05. The van der Waals surface area contributed by atoms with Crippen LogP contribution in [0.25, 0.3) is 22.8 Å². The van der Waals surface area contributed by atoms with Gasteiger partial charge in [-0.3, -0.25) is 9.97 Å². The Labute approximate surface area is 158 Å². The molecule has 4 aromatic rings. The predicted molar refractivity (Wildman–Crippen MR) is 97.1 cm³/mol. The van der Waals surface area contributed by atoms with E-state index in [0.29, 0.717) is 29.1 Å². The van der Waals surface area contributed by atoms with Crippen LogP contribution in [0, 0.1) is 0 Å². The first kappa shape index (κ1) is 17.2. The van der Waals surface area contributed by atoms with Gasteiger partial charge in [-0.05, 0) is 30.3 Å². The third-order valence-corrected chi connectivity index (χ3v) is 3.71. The van der Waals surface area contributed by atoms with Crippen molar-refractivity contribution in [1.82, 2.24) is 30.1 Å². The van der Waals surface area contributed by atoms with Gasteiger partial charge in [-0.2, -0.15) is 4.98 Å². The molecule has 0 aliphatic rings. The van der Waals surface area contributed by atoms with Crippen LogP contribution in [0.2, 0.25) is 0 Å². The summed E-state index contributed by atoms with van der Waals surface area (Å²) in [5.41, 5.74) is 1.80. The molecule has 0 spiro atoms. The molecule has 4 aromatic heterocycles. The fraction of sp³-hybridized carbons (Fsp3) is 0.0556. The molecule has 0 atom stereocenters. The normalized spacial score (nSPS) is 10.6. The number of nitrogens with zero attached hydrogens (tertiary/aromatic N) is 6. The Kier molecular flexibility index (Phi) is 4.66. The average molecular weight is 375 g/mol. The highest BCUT2D eigenvalue weighted by atomic mass is 16.5. The fourth-order valence-corrected chi connectivity index (χ4v) is 2.38. The van der Waals surface area contributed by atoms with E-state index >= 15 is 0 Å². The van der Waals surface area contributed by atoms with Crippen LogP contribution in [-0.2, 0) is 6.54 Å². The summed E-state index contributed by atoms with van der Waals surface area (Å²) in [5, 5.41) is 16.0. The highest BCUT2D eigenvalue weighted by Gasteiger charge is 2.11. The van der Waals surface area contributed by atoms with E-state index < -0.39 is 5.97 Å². The van der Waals surface area contributed by atoms with Crippen molar-refractivity contribution in [3.05, 3.63) is 66.6 Å². The maximum absolute atomic E-state index is 11.1. The molecule has 0 amide bonds. The minimum atomic E-state index is -1.03. The molecular weight excluding hydrogens is 362 g/mol. The first-order chi connectivity index (χ1) is 13.7. The standard InChI is InChI=1S/C18H13N7O3/c26-17(27)11-3-6-20-14(8-11)13-4-7-21-18(23-13)22-10-15-24-16(25-28-15)12-2-1-5-19-9-12/h1-9H,10H2,(H,26,27)(H,21,22,23). The zero-order valence-corrected chi connectivity index (χ0v) is 14.4. The molecule has 0 radical (unpaired) electrons. The van der Waals surface area contributed by atoms with Crippen LogP contribution in [-0.4, -0.2) is 41.2 Å². The third kappa shape index (κ3) is 3.80. The Hall–Kier alpha value is -4.21. The smallest absolute Gasteiger partial charge is 0.335 e. The van der Waals surface area contributed by atoms with Crippen LogP contribution >= 0.6 is 0 Å². The quantitative estimate of drug-likeness (QED) is 0.516. The van der Waals surface area contributed by atoms with Gasteiger partial charge in [0.25, 0.3) is 0 Å². The molecule has 0 aliphatic heterocycles. The number of carboxylic acid groups (broad SMARTS) is 1. The molecule has 0 saturated carbocycles. The minimum Gasteiger partial charge on any atom is -0.478 e. The Balaban J connectivity index is 1.48. The van der Waals surface area contributed by atoms with E-state index in [-0.39, 0.29) is 12.1 Å². The molecule has 0 aromatic carbocycles. The first-order valence-electron chi connectivity index (χ1n) is 8.18. The molecule has 10 heteroatoms. The van der Waals surface area contributed by atoms with Crippen molar-refractivity contribution in [3.63, 3.8) is 0 Å². The van der Waals surface area contributed by atoms with Crippen LogP contribution in [0.15, 0.2) is 59.6 Å². The van der Waals surface area contributed by atoms with Crippen molar-refractivity contribution in [1.29, 1.82) is 0 Å². The van der Waals surface area contributed by atoms with Crippen molar-refractivity contribution in [2.45, 2.75) is 6.54 Å². The molecule has 4 heterocycles. The summed E-state index contributed by atoms with van der Waals surface area (Å²) in [6.07, 6.45) is 6.28. The monoisotopic (exact) mass is 375 g/mol. The van der Waals surface area contributed by atoms with Crippen LogP contribution in [0.5, 0.6) is 0 Å². The van der Waals surface area contributed by atoms with Gasteiger partial charge in [0.15, 0.2) is 0 Å². The molecule has 0 fully saturated rings. The second kappa shape index (κ2) is 7.58. The number of rotatable bonds is 6. The van der Waals surface area contributed by atoms with E-state index in [1.54, 1.807) is 30.7 Å². The van der Waals surface area contributed by atoms with Crippen LogP contribution in [0.1, 0.15) is 16.2 Å². The predicted octanol–water partition coefficient (Wildman–Crippen LogP) is 2.29. The van der Waals surface area contributed by atoms with Crippen LogP contribution < -0.4 is 5.32 Å². The minimum absolute atomic E-state index is 0.131. The number of carboxylic acids is 1. The second-order valence-electron chi connectivity index (χ2n) is 5.61. The van der Waals surface area contributed by atoms with E-state index in [4.69, 9.17) is 9.63 Å². The number of nitrogens with one attached hydrogen (secondary N) is 1. The van der Waals surface area contributed by atoms with E-state index in [2.05, 4.69) is 35.4 Å². The SMILES string of the molecule is O=C(O)c1ccnc(-c2ccnc(NCc3nc(-c4cccnc4)no3)n2)c1. The fourth-order valence-electron chi connectivity index (χ4n) is 2.38. The Morgan fingerprint density at radius 2 is 1.96 bits per heavy atom. The maximum atomic E-state index is 11.1. The summed E-state index contributed by atoms with van der Waals surface area (Å²) in [6, 6.07) is 8.14. The van der Waals surface area contributed by atoms with Crippen molar-refractivity contribution >= 4 is 11.9 Å². The first-order valence-corrected chi connectivity index (χ1v) is 8.18. The van der Waals surface area contributed by atoms with E-state index in [9.17, 15) is 4.79 Å². The number of pyridine rings is 2. The van der Waals surface area contributed by atoms with E-state index in [0.717, 1.165) is 5.56 Å². The van der Waals surface area contributed by atoms with Gasteiger partial charge >= 0.3 is 5.97 Å². The average Bonchev–Trinajstić information content (AvgIpc) is 3.22. The summed E-state index contributed by atoms with van der Waals surface area (Å²) in [6.45, 7) is 0.222. The summed E-state index contributed by atoms with van der Waals surface area (Å²) in [7, 11) is 0. The van der Waals surface area contributed by atoms with Gasteiger partial charge in [-0.1, -0.05) is 5.16 Å². The number of carbonyl (C=O) groups is 1. The Morgan fingerprint density at radius 1 is 1.07 bits per heavy atom. The maximum Gasteiger partial charge on any atom is 0.335 e. The molecule has 28 heavy (non-hydrogen) atoms. The molecule has 0 bridgehead atoms. The van der Waals surface area contributed by atoms with Gasteiger partial charge in [0, 0.05) is 30.4 Å². The van der Waals surface area contributed by atoms with E-state index in [1.807, 2.05) is 6.07 Å². The molecule has 0 unspecified atom stereocenters. The highest BCUT2D eigenvalue weighted by molar-refractivity contribution is 5.88. The molecular formula is C18H13N7O3. The summed E-state index contributed by atoms with van der Waals surface area (Å²) < 4.78 is 5.21. The Morgan fingerprint density at radius 3 is 2.79 bits per heavy atom. The zero-order valence-electron chi connectivity index (χ0n) is 14.4. The summed E-state index contributed by atoms with van der Waals surface area (Å²) in [4.78, 5) is 32.1. The number of anilines is 1. The van der Waals surface area contributed by atoms with Gasteiger partial charge in [-0.15, -0.1) is 0 Å². The lowest BCUT2D eigenvalue weighted by Gasteiger charge is -2.05. The van der Waals surface area contributed by atoms with Crippen LogP contribution in [0.3, 0.4) is 0 Å². The molecule has 10 nitrogen and oxygen atoms in total. The van der Waals surface area contributed by atoms with E-state index in [1.165, 1.54) is 18.3 Å². The lowest BCUT2D eigenvalue weighted by atomic mass is 10.2. The topological polar surface area (TPSA) is 140 Å². The molecule has 0 aliphatic carbocycles. The van der Waals surface area contributed by atoms with Gasteiger partial charge < -0.3 is 14.9 Å². The molecule has 0 saturated heterocycles. The van der Waals surface area contributed by atoms with Gasteiger partial charge in [0.2, 0.25) is 17.7 Å². The largest absolute Gasteiger partial charge is 0.478 e. The third-order valence-electron chi connectivity index (χ3n) is 3.71. The number of hydrogen-bond donors (Lipinski definition) is 2. The van der Waals surface area contributed by atoms with Gasteiger partial charge in [0.1, 0.15) is 0 Å². The number of aromatic nitrogens is 6. The Bertz CT molecular complexity index is 1110. The van der Waals surface area contributed by atoms with Gasteiger partial charge in [0.05, 0.1) is 23.5 Å². The summed E-state index contributed by atoms with van der Waals surface area (Å²) >= 11 is 0. The van der Waals surface area contributed by atoms with Crippen molar-refractivity contribution < 1.29 is 14.4 Å². The number of hydrogen-bond acceptors (Lipinski definition) is 9. The highest BCUT2D eigenvalue weighted by Crippen LogP contribution is 2.17. The molecule has 2 N–H and O–H groups in total. The lowest BCUT2D eigenvalue weighted by molar-refractivity contribution is 0.0697. The number of aromatic carboxylic acids is 1. The molecule has 4 rings (SSSR count). The summed E-state index contributed by atoms with van der Waals surface area (Å²) in [5.74, 6) is 0.0890. The second-order valence-corrected chi connectivity index (χ2v) is 5.61.